The zero-order chi connectivity index (χ0) is 19.6. The van der Waals surface area contributed by atoms with Crippen molar-refractivity contribution in [2.45, 2.75) is 57.7 Å². The first-order valence-corrected chi connectivity index (χ1v) is 9.54. The van der Waals surface area contributed by atoms with E-state index in [1.807, 2.05) is 13.8 Å². The quantitative estimate of drug-likeness (QED) is 0.732. The van der Waals surface area contributed by atoms with E-state index in [0.717, 1.165) is 12.0 Å². The molecule has 2 heterocycles. The second kappa shape index (κ2) is 7.98. The van der Waals surface area contributed by atoms with Crippen LogP contribution in [0.2, 0.25) is 0 Å². The summed E-state index contributed by atoms with van der Waals surface area (Å²) in [6.45, 7) is 4.56. The van der Waals surface area contributed by atoms with Crippen molar-refractivity contribution >= 4 is 17.7 Å². The number of aromatic hydroxyl groups is 1. The van der Waals surface area contributed by atoms with Gasteiger partial charge in [0.25, 0.3) is 0 Å². The maximum Gasteiger partial charge on any atom is 0.245 e. The van der Waals surface area contributed by atoms with Crippen molar-refractivity contribution in [1.82, 2.24) is 15.5 Å². The summed E-state index contributed by atoms with van der Waals surface area (Å²) in [6, 6.07) is 4.66. The van der Waals surface area contributed by atoms with Gasteiger partial charge in [-0.25, -0.2) is 0 Å². The molecule has 0 unspecified atom stereocenters. The molecular weight excluding hydrogens is 346 g/mol. The van der Waals surface area contributed by atoms with Gasteiger partial charge in [-0.05, 0) is 42.9 Å². The van der Waals surface area contributed by atoms with Gasteiger partial charge >= 0.3 is 0 Å². The van der Waals surface area contributed by atoms with E-state index in [1.165, 1.54) is 0 Å². The molecular formula is C20H27N3O4. The number of amides is 3. The van der Waals surface area contributed by atoms with Crippen LogP contribution in [-0.2, 0) is 20.8 Å². The highest BCUT2D eigenvalue weighted by molar-refractivity contribution is 5.97. The number of hydrogen-bond donors (Lipinski definition) is 3. The van der Waals surface area contributed by atoms with Gasteiger partial charge in [-0.15, -0.1) is 0 Å². The summed E-state index contributed by atoms with van der Waals surface area (Å²) in [6.07, 6.45) is 2.24. The fraction of sp³-hybridized carbons (Fsp3) is 0.550. The SMILES string of the molecule is CC(C)C[C@@H]1NC(=O)[C@H](Cc2ccc(O)cc2)NC(=O)[C@H]2CCCN2C1=O. The minimum absolute atomic E-state index is 0.144. The Kier molecular flexibility index (Phi) is 5.68. The van der Waals surface area contributed by atoms with E-state index < -0.39 is 18.1 Å². The summed E-state index contributed by atoms with van der Waals surface area (Å²) in [7, 11) is 0. The average molecular weight is 373 g/mol. The predicted molar refractivity (Wildman–Crippen MR) is 99.9 cm³/mol. The molecule has 0 saturated carbocycles. The van der Waals surface area contributed by atoms with Crippen LogP contribution in [0.1, 0.15) is 38.7 Å². The largest absolute Gasteiger partial charge is 0.508 e. The van der Waals surface area contributed by atoms with Gasteiger partial charge in [0.05, 0.1) is 0 Å². The van der Waals surface area contributed by atoms with E-state index in [9.17, 15) is 19.5 Å². The zero-order valence-electron chi connectivity index (χ0n) is 15.8. The highest BCUT2D eigenvalue weighted by Gasteiger charge is 2.41. The van der Waals surface area contributed by atoms with Crippen molar-refractivity contribution in [2.75, 3.05) is 6.54 Å². The van der Waals surface area contributed by atoms with Crippen LogP contribution in [0.3, 0.4) is 0 Å². The smallest absolute Gasteiger partial charge is 0.245 e. The lowest BCUT2D eigenvalue weighted by Crippen LogP contribution is -2.52. The third-order valence-electron chi connectivity index (χ3n) is 5.17. The Morgan fingerprint density at radius 3 is 2.41 bits per heavy atom. The maximum absolute atomic E-state index is 13.0. The molecule has 3 N–H and O–H groups in total. The van der Waals surface area contributed by atoms with Crippen LogP contribution >= 0.6 is 0 Å². The van der Waals surface area contributed by atoms with Gasteiger partial charge in [-0.2, -0.15) is 0 Å². The number of hydrogen-bond acceptors (Lipinski definition) is 4. The Balaban J connectivity index is 1.86. The molecule has 7 heteroatoms. The number of fused-ring (bicyclic) bond motifs is 1. The normalized spacial score (nSPS) is 26.1. The Morgan fingerprint density at radius 1 is 1.07 bits per heavy atom. The molecule has 1 aromatic rings. The lowest BCUT2D eigenvalue weighted by Gasteiger charge is -2.27. The molecule has 0 radical (unpaired) electrons. The number of benzene rings is 1. The molecule has 2 fully saturated rings. The lowest BCUT2D eigenvalue weighted by atomic mass is 10.0. The molecule has 146 valence electrons. The fourth-order valence-electron chi connectivity index (χ4n) is 3.81. The number of rotatable bonds is 4. The van der Waals surface area contributed by atoms with Gasteiger partial charge in [0.2, 0.25) is 17.7 Å². The Morgan fingerprint density at radius 2 is 1.74 bits per heavy atom. The van der Waals surface area contributed by atoms with Gasteiger partial charge in [0.15, 0.2) is 0 Å². The van der Waals surface area contributed by atoms with Crippen LogP contribution in [0.4, 0.5) is 0 Å². The highest BCUT2D eigenvalue weighted by Crippen LogP contribution is 2.22. The van der Waals surface area contributed by atoms with Gasteiger partial charge < -0.3 is 20.6 Å². The summed E-state index contributed by atoms with van der Waals surface area (Å²) in [4.78, 5) is 40.2. The second-order valence-corrected chi connectivity index (χ2v) is 7.81. The summed E-state index contributed by atoms with van der Waals surface area (Å²) < 4.78 is 0. The molecule has 2 aliphatic rings. The van der Waals surface area contributed by atoms with Crippen molar-refractivity contribution < 1.29 is 19.5 Å². The molecule has 27 heavy (non-hydrogen) atoms. The van der Waals surface area contributed by atoms with Gasteiger partial charge in [0.1, 0.15) is 23.9 Å². The Labute approximate surface area is 159 Å². The van der Waals surface area contributed by atoms with Crippen molar-refractivity contribution in [3.8, 4) is 5.75 Å². The van der Waals surface area contributed by atoms with E-state index in [0.29, 0.717) is 25.8 Å². The van der Waals surface area contributed by atoms with Crippen molar-refractivity contribution in [3.05, 3.63) is 29.8 Å². The number of nitrogens with zero attached hydrogens (tertiary/aromatic N) is 1. The molecule has 3 atom stereocenters. The zero-order valence-corrected chi connectivity index (χ0v) is 15.8. The van der Waals surface area contributed by atoms with Crippen LogP contribution in [0.15, 0.2) is 24.3 Å². The Bertz CT molecular complexity index is 716. The van der Waals surface area contributed by atoms with Crippen molar-refractivity contribution in [2.24, 2.45) is 5.92 Å². The molecule has 3 amide bonds. The monoisotopic (exact) mass is 373 g/mol. The van der Waals surface area contributed by atoms with E-state index in [2.05, 4.69) is 10.6 Å². The summed E-state index contributed by atoms with van der Waals surface area (Å²) in [5.74, 6) is -0.410. The molecule has 1 aromatic carbocycles. The minimum Gasteiger partial charge on any atom is -0.508 e. The minimum atomic E-state index is -0.759. The first kappa shape index (κ1) is 19.2. The molecule has 3 rings (SSSR count). The number of carbonyl (C=O) groups excluding carboxylic acids is 3. The van der Waals surface area contributed by atoms with E-state index in [1.54, 1.807) is 29.2 Å². The van der Waals surface area contributed by atoms with Gasteiger partial charge in [-0.1, -0.05) is 26.0 Å². The van der Waals surface area contributed by atoms with Gasteiger partial charge in [0, 0.05) is 13.0 Å². The highest BCUT2D eigenvalue weighted by atomic mass is 16.3. The summed E-state index contributed by atoms with van der Waals surface area (Å²) >= 11 is 0. The van der Waals surface area contributed by atoms with Crippen LogP contribution in [0.5, 0.6) is 5.75 Å². The fourth-order valence-corrected chi connectivity index (χ4v) is 3.81. The van der Waals surface area contributed by atoms with Crippen LogP contribution < -0.4 is 10.6 Å². The first-order valence-electron chi connectivity index (χ1n) is 9.54. The van der Waals surface area contributed by atoms with E-state index in [4.69, 9.17) is 0 Å². The Hall–Kier alpha value is -2.57. The maximum atomic E-state index is 13.0. The molecule has 0 spiro atoms. The van der Waals surface area contributed by atoms with E-state index in [-0.39, 0.29) is 29.4 Å². The van der Waals surface area contributed by atoms with E-state index >= 15 is 0 Å². The van der Waals surface area contributed by atoms with Crippen LogP contribution in [-0.4, -0.2) is 52.4 Å². The summed E-state index contributed by atoms with van der Waals surface area (Å²) in [5.41, 5.74) is 0.822. The molecule has 0 bridgehead atoms. The second-order valence-electron chi connectivity index (χ2n) is 7.81. The number of nitrogens with one attached hydrogen (secondary N) is 2. The number of phenols is 1. The molecule has 0 aromatic heterocycles. The molecule has 0 aliphatic carbocycles. The molecule has 2 saturated heterocycles. The number of carbonyl (C=O) groups is 3. The third-order valence-corrected chi connectivity index (χ3v) is 5.17. The van der Waals surface area contributed by atoms with Crippen LogP contribution in [0.25, 0.3) is 0 Å². The first-order chi connectivity index (χ1) is 12.8. The average Bonchev–Trinajstić information content (AvgIpc) is 3.11. The van der Waals surface area contributed by atoms with Gasteiger partial charge in [-0.3, -0.25) is 14.4 Å². The lowest BCUT2D eigenvalue weighted by molar-refractivity contribution is -0.140. The molecule has 7 nitrogen and oxygen atoms in total. The molecule has 2 aliphatic heterocycles. The van der Waals surface area contributed by atoms with Crippen molar-refractivity contribution in [3.63, 3.8) is 0 Å². The predicted octanol–water partition coefficient (Wildman–Crippen LogP) is 0.955. The third kappa shape index (κ3) is 4.40. The topological polar surface area (TPSA) is 98.7 Å². The summed E-state index contributed by atoms with van der Waals surface area (Å²) in [5, 5.41) is 15.1. The standard InChI is InChI=1S/C20H27N3O4/c1-12(2)10-16-20(27)23-9-3-4-17(23)19(26)21-15(18(25)22-16)11-13-5-7-14(24)8-6-13/h5-8,12,15-17,24H,3-4,9-11H2,1-2H3,(H,21,26)(H,22,25)/t15-,16-,17+/m0/s1. The van der Waals surface area contributed by atoms with Crippen molar-refractivity contribution in [1.29, 1.82) is 0 Å². The van der Waals surface area contributed by atoms with Crippen LogP contribution in [0, 0.1) is 5.92 Å². The number of phenolic OH excluding ortho intramolecular Hbond substituents is 1.